The summed E-state index contributed by atoms with van der Waals surface area (Å²) in [7, 11) is 0. The van der Waals surface area contributed by atoms with Crippen molar-refractivity contribution in [1.82, 2.24) is 0 Å². The Balaban J connectivity index is 1.75. The summed E-state index contributed by atoms with van der Waals surface area (Å²) in [5, 5.41) is 11.8. The summed E-state index contributed by atoms with van der Waals surface area (Å²) < 4.78 is 5.69. The molecule has 0 aliphatic heterocycles. The molecule has 108 valence electrons. The van der Waals surface area contributed by atoms with Crippen molar-refractivity contribution < 1.29 is 9.52 Å². The molecule has 0 saturated heterocycles. The zero-order chi connectivity index (χ0) is 14.8. The molecule has 0 aliphatic rings. The number of rotatable bonds is 4. The van der Waals surface area contributed by atoms with Gasteiger partial charge in [-0.15, -0.1) is 0 Å². The first-order valence-electron chi connectivity index (χ1n) is 7.05. The summed E-state index contributed by atoms with van der Waals surface area (Å²) in [6.45, 7) is 2.07. The van der Waals surface area contributed by atoms with Gasteiger partial charge < -0.3 is 9.52 Å². The fraction of sp³-hybridized carbons (Fsp3) is 0.222. The summed E-state index contributed by atoms with van der Waals surface area (Å²) in [4.78, 5) is 0. The van der Waals surface area contributed by atoms with E-state index in [-0.39, 0.29) is 0 Å². The van der Waals surface area contributed by atoms with Crippen LogP contribution >= 0.6 is 11.6 Å². The second-order valence-corrected chi connectivity index (χ2v) is 5.76. The van der Waals surface area contributed by atoms with Gasteiger partial charge in [-0.2, -0.15) is 0 Å². The number of fused-ring (bicyclic) bond motifs is 1. The van der Waals surface area contributed by atoms with Crippen LogP contribution in [0, 0.1) is 6.92 Å². The van der Waals surface area contributed by atoms with Crippen LogP contribution in [0.1, 0.15) is 29.4 Å². The minimum absolute atomic E-state index is 0.574. The number of aryl methyl sites for hydroxylation is 2. The van der Waals surface area contributed by atoms with Crippen LogP contribution < -0.4 is 0 Å². The summed E-state index contributed by atoms with van der Waals surface area (Å²) in [5.74, 6) is 0.575. The van der Waals surface area contributed by atoms with Gasteiger partial charge in [-0.05, 0) is 37.5 Å². The molecule has 0 saturated carbocycles. The van der Waals surface area contributed by atoms with Gasteiger partial charge in [0.05, 0.1) is 5.02 Å². The van der Waals surface area contributed by atoms with Crippen LogP contribution in [0.25, 0.3) is 11.0 Å². The predicted molar refractivity (Wildman–Crippen MR) is 85.7 cm³/mol. The first-order chi connectivity index (χ1) is 10.1. The molecule has 0 bridgehead atoms. The molecule has 0 fully saturated rings. The van der Waals surface area contributed by atoms with E-state index in [4.69, 9.17) is 16.0 Å². The van der Waals surface area contributed by atoms with Crippen LogP contribution in [-0.4, -0.2) is 5.11 Å². The van der Waals surface area contributed by atoms with Crippen LogP contribution in [0.4, 0.5) is 0 Å². The Hall–Kier alpha value is -1.77. The normalized spacial score (nSPS) is 12.7. The number of benzene rings is 2. The van der Waals surface area contributed by atoms with Crippen LogP contribution in [0.2, 0.25) is 5.02 Å². The first-order valence-corrected chi connectivity index (χ1v) is 7.43. The third-order valence-corrected chi connectivity index (χ3v) is 3.93. The van der Waals surface area contributed by atoms with Crippen molar-refractivity contribution in [3.05, 3.63) is 70.4 Å². The van der Waals surface area contributed by atoms with Gasteiger partial charge in [-0.25, -0.2) is 0 Å². The van der Waals surface area contributed by atoms with Crippen molar-refractivity contribution in [2.45, 2.75) is 25.9 Å². The molecule has 3 aromatic rings. The fourth-order valence-corrected chi connectivity index (χ4v) is 2.75. The Morgan fingerprint density at radius 3 is 2.71 bits per heavy atom. The molecule has 1 N–H and O–H groups in total. The molecule has 1 unspecified atom stereocenters. The number of para-hydroxylation sites is 1. The number of aliphatic hydroxyl groups excluding tert-OH is 1. The van der Waals surface area contributed by atoms with Crippen molar-refractivity contribution in [2.24, 2.45) is 0 Å². The van der Waals surface area contributed by atoms with Crippen LogP contribution in [0.5, 0.6) is 0 Å². The minimum atomic E-state index is -0.617. The summed E-state index contributed by atoms with van der Waals surface area (Å²) in [5.41, 5.74) is 3.10. The Bertz CT molecular complexity index is 761. The molecule has 1 aromatic heterocycles. The van der Waals surface area contributed by atoms with E-state index in [1.807, 2.05) is 24.3 Å². The van der Waals surface area contributed by atoms with Crippen LogP contribution in [0.15, 0.2) is 52.9 Å². The highest BCUT2D eigenvalue weighted by molar-refractivity contribution is 6.34. The van der Waals surface area contributed by atoms with E-state index in [2.05, 4.69) is 25.1 Å². The van der Waals surface area contributed by atoms with E-state index >= 15 is 0 Å². The summed E-state index contributed by atoms with van der Waals surface area (Å²) in [6, 6.07) is 15.8. The van der Waals surface area contributed by atoms with E-state index in [1.54, 1.807) is 6.07 Å². The highest BCUT2D eigenvalue weighted by Crippen LogP contribution is 2.30. The molecule has 0 spiro atoms. The number of halogens is 1. The highest BCUT2D eigenvalue weighted by Gasteiger charge is 2.14. The number of hydrogen-bond acceptors (Lipinski definition) is 2. The van der Waals surface area contributed by atoms with Crippen molar-refractivity contribution >= 4 is 22.6 Å². The van der Waals surface area contributed by atoms with Gasteiger partial charge in [0.2, 0.25) is 0 Å². The number of aliphatic hydroxyl groups is 1. The van der Waals surface area contributed by atoms with Crippen molar-refractivity contribution in [3.8, 4) is 0 Å². The van der Waals surface area contributed by atoms with Gasteiger partial charge in [0.15, 0.2) is 5.58 Å². The minimum Gasteiger partial charge on any atom is -0.457 e. The standard InChI is InChI=1S/C18H17ClO2/c1-12-4-2-5-13(10-12)8-9-16(20)17-11-14-6-3-7-15(19)18(14)21-17/h2-7,10-11,16,20H,8-9H2,1H3. The lowest BCUT2D eigenvalue weighted by Crippen LogP contribution is -1.98. The lowest BCUT2D eigenvalue weighted by molar-refractivity contribution is 0.143. The van der Waals surface area contributed by atoms with E-state index in [9.17, 15) is 5.11 Å². The lowest BCUT2D eigenvalue weighted by Gasteiger charge is -2.08. The molecule has 2 nitrogen and oxygen atoms in total. The van der Waals surface area contributed by atoms with Gasteiger partial charge in [0.1, 0.15) is 11.9 Å². The Morgan fingerprint density at radius 1 is 1.14 bits per heavy atom. The van der Waals surface area contributed by atoms with E-state index in [1.165, 1.54) is 11.1 Å². The largest absolute Gasteiger partial charge is 0.457 e. The molecule has 3 rings (SSSR count). The van der Waals surface area contributed by atoms with Crippen LogP contribution in [-0.2, 0) is 6.42 Å². The molecule has 1 atom stereocenters. The monoisotopic (exact) mass is 300 g/mol. The van der Waals surface area contributed by atoms with E-state index in [0.29, 0.717) is 22.8 Å². The number of hydrogen-bond donors (Lipinski definition) is 1. The molecule has 2 aromatic carbocycles. The average Bonchev–Trinajstić information content (AvgIpc) is 2.90. The summed E-state index contributed by atoms with van der Waals surface area (Å²) in [6.07, 6.45) is 0.822. The van der Waals surface area contributed by atoms with Gasteiger partial charge in [0.25, 0.3) is 0 Å². The van der Waals surface area contributed by atoms with Crippen molar-refractivity contribution in [2.75, 3.05) is 0 Å². The second-order valence-electron chi connectivity index (χ2n) is 5.35. The third-order valence-electron chi connectivity index (χ3n) is 3.63. The Labute approximate surface area is 129 Å². The zero-order valence-corrected chi connectivity index (χ0v) is 12.6. The molecule has 0 radical (unpaired) electrons. The molecular formula is C18H17ClO2. The fourth-order valence-electron chi connectivity index (χ4n) is 2.52. The zero-order valence-electron chi connectivity index (χ0n) is 11.8. The number of furan rings is 1. The van der Waals surface area contributed by atoms with Gasteiger partial charge in [0, 0.05) is 5.39 Å². The molecule has 1 heterocycles. The molecule has 21 heavy (non-hydrogen) atoms. The molecule has 0 aliphatic carbocycles. The average molecular weight is 301 g/mol. The quantitative estimate of drug-likeness (QED) is 0.730. The topological polar surface area (TPSA) is 33.4 Å². The SMILES string of the molecule is Cc1cccc(CCC(O)c2cc3cccc(Cl)c3o2)c1. The van der Waals surface area contributed by atoms with Crippen molar-refractivity contribution in [3.63, 3.8) is 0 Å². The Kier molecular flexibility index (Phi) is 4.00. The third kappa shape index (κ3) is 3.12. The second kappa shape index (κ2) is 5.92. The van der Waals surface area contributed by atoms with Gasteiger partial charge in [-0.3, -0.25) is 0 Å². The maximum Gasteiger partial charge on any atom is 0.152 e. The maximum absolute atomic E-state index is 10.3. The Morgan fingerprint density at radius 2 is 1.95 bits per heavy atom. The molecule has 0 amide bonds. The lowest BCUT2D eigenvalue weighted by atomic mass is 10.0. The smallest absolute Gasteiger partial charge is 0.152 e. The van der Waals surface area contributed by atoms with Gasteiger partial charge >= 0.3 is 0 Å². The molecular weight excluding hydrogens is 284 g/mol. The van der Waals surface area contributed by atoms with E-state index < -0.39 is 6.10 Å². The predicted octanol–water partition coefficient (Wildman–Crippen LogP) is 5.06. The highest BCUT2D eigenvalue weighted by atomic mass is 35.5. The summed E-state index contributed by atoms with van der Waals surface area (Å²) >= 11 is 6.09. The van der Waals surface area contributed by atoms with Crippen molar-refractivity contribution in [1.29, 1.82) is 0 Å². The van der Waals surface area contributed by atoms with Gasteiger partial charge in [-0.1, -0.05) is 53.6 Å². The first kappa shape index (κ1) is 14.2. The van der Waals surface area contributed by atoms with E-state index in [0.717, 1.165) is 11.8 Å². The van der Waals surface area contributed by atoms with Crippen LogP contribution in [0.3, 0.4) is 0 Å². The maximum atomic E-state index is 10.3. The molecule has 3 heteroatoms.